The van der Waals surface area contributed by atoms with Gasteiger partial charge in [0.05, 0.1) is 5.69 Å². The number of rotatable bonds is 3. The lowest BCUT2D eigenvalue weighted by atomic mass is 9.87. The van der Waals surface area contributed by atoms with E-state index in [4.69, 9.17) is 0 Å². The summed E-state index contributed by atoms with van der Waals surface area (Å²) in [5, 5.41) is 0. The highest BCUT2D eigenvalue weighted by atomic mass is 16.2. The van der Waals surface area contributed by atoms with Gasteiger partial charge in [-0.25, -0.2) is 0 Å². The van der Waals surface area contributed by atoms with Crippen LogP contribution in [0.3, 0.4) is 0 Å². The summed E-state index contributed by atoms with van der Waals surface area (Å²) in [6.07, 6.45) is 5.78. The lowest BCUT2D eigenvalue weighted by Gasteiger charge is -2.40. The van der Waals surface area contributed by atoms with Crippen LogP contribution in [0.1, 0.15) is 43.0 Å². The van der Waals surface area contributed by atoms with Gasteiger partial charge in [-0.05, 0) is 49.1 Å². The fourth-order valence-corrected chi connectivity index (χ4v) is 4.62. The Kier molecular flexibility index (Phi) is 4.77. The van der Waals surface area contributed by atoms with E-state index in [9.17, 15) is 4.79 Å². The Morgan fingerprint density at radius 2 is 1.96 bits per heavy atom. The van der Waals surface area contributed by atoms with Gasteiger partial charge in [0.1, 0.15) is 0 Å². The van der Waals surface area contributed by atoms with Gasteiger partial charge in [0.2, 0.25) is 5.91 Å². The molecule has 0 radical (unpaired) electrons. The van der Waals surface area contributed by atoms with Crippen molar-refractivity contribution in [1.82, 2.24) is 14.8 Å². The summed E-state index contributed by atoms with van der Waals surface area (Å²) in [4.78, 5) is 21.8. The molecule has 136 valence electrons. The standard InChI is InChI=1S/C22H27N3O/c1-2-21(26)24-15-19-9-4-3-8-18(19)14-22(17-24)11-7-13-25(22)16-20-10-5-6-12-23-20/h3-6,8-10,12H,2,7,11,13-17H2,1H3. The van der Waals surface area contributed by atoms with E-state index < -0.39 is 0 Å². The van der Waals surface area contributed by atoms with Crippen LogP contribution in [-0.2, 0) is 24.3 Å². The Morgan fingerprint density at radius 3 is 2.73 bits per heavy atom. The predicted octanol–water partition coefficient (Wildman–Crippen LogP) is 3.41. The molecule has 1 amide bonds. The van der Waals surface area contributed by atoms with Gasteiger partial charge in [-0.1, -0.05) is 37.3 Å². The molecule has 0 bridgehead atoms. The van der Waals surface area contributed by atoms with E-state index in [-0.39, 0.29) is 11.4 Å². The molecule has 2 aromatic rings. The van der Waals surface area contributed by atoms with Crippen LogP contribution in [0.2, 0.25) is 0 Å². The molecular formula is C22H27N3O. The Bertz CT molecular complexity index is 776. The molecule has 4 heteroatoms. The summed E-state index contributed by atoms with van der Waals surface area (Å²) in [5.74, 6) is 0.255. The molecule has 1 aromatic heterocycles. The van der Waals surface area contributed by atoms with E-state index in [0.717, 1.165) is 44.7 Å². The normalized spacial score (nSPS) is 23.0. The average Bonchev–Trinajstić information content (AvgIpc) is 2.95. The summed E-state index contributed by atoms with van der Waals surface area (Å²) in [6, 6.07) is 14.8. The van der Waals surface area contributed by atoms with Crippen molar-refractivity contribution in [3.05, 3.63) is 65.5 Å². The minimum atomic E-state index is 0.0228. The van der Waals surface area contributed by atoms with Crippen LogP contribution in [0.4, 0.5) is 0 Å². The summed E-state index contributed by atoms with van der Waals surface area (Å²) in [6.45, 7) is 5.46. The van der Waals surface area contributed by atoms with Gasteiger partial charge in [0.25, 0.3) is 0 Å². The van der Waals surface area contributed by atoms with Crippen LogP contribution in [0, 0.1) is 0 Å². The Balaban J connectivity index is 1.69. The topological polar surface area (TPSA) is 36.4 Å². The first-order valence-corrected chi connectivity index (χ1v) is 9.70. The van der Waals surface area contributed by atoms with Gasteiger partial charge >= 0.3 is 0 Å². The van der Waals surface area contributed by atoms with Gasteiger partial charge < -0.3 is 4.90 Å². The third kappa shape index (κ3) is 3.26. The third-order valence-corrected chi connectivity index (χ3v) is 5.96. The number of hydrogen-bond donors (Lipinski definition) is 0. The minimum Gasteiger partial charge on any atom is -0.337 e. The molecule has 1 unspecified atom stereocenters. The number of hydrogen-bond acceptors (Lipinski definition) is 3. The highest BCUT2D eigenvalue weighted by Gasteiger charge is 2.44. The van der Waals surface area contributed by atoms with E-state index in [1.807, 2.05) is 19.2 Å². The van der Waals surface area contributed by atoms with E-state index in [0.29, 0.717) is 6.42 Å². The van der Waals surface area contributed by atoms with Gasteiger partial charge in [0, 0.05) is 37.8 Å². The number of aromatic nitrogens is 1. The SMILES string of the molecule is CCC(=O)N1Cc2ccccc2CC2(CCCN2Cc2ccccn2)C1. The van der Waals surface area contributed by atoms with E-state index >= 15 is 0 Å². The first-order valence-electron chi connectivity index (χ1n) is 9.70. The van der Waals surface area contributed by atoms with E-state index in [1.165, 1.54) is 17.5 Å². The molecule has 1 aromatic carbocycles. The molecule has 2 aliphatic heterocycles. The van der Waals surface area contributed by atoms with Crippen molar-refractivity contribution in [2.24, 2.45) is 0 Å². The first kappa shape index (κ1) is 17.2. The molecule has 26 heavy (non-hydrogen) atoms. The number of likely N-dealkylation sites (tertiary alicyclic amines) is 1. The molecule has 1 atom stereocenters. The number of carbonyl (C=O) groups excluding carboxylic acids is 1. The molecule has 0 aliphatic carbocycles. The maximum absolute atomic E-state index is 12.6. The highest BCUT2D eigenvalue weighted by molar-refractivity contribution is 5.76. The average molecular weight is 349 g/mol. The zero-order chi connectivity index (χ0) is 18.0. The second-order valence-electron chi connectivity index (χ2n) is 7.62. The van der Waals surface area contributed by atoms with Crippen LogP contribution in [0.15, 0.2) is 48.7 Å². The van der Waals surface area contributed by atoms with Crippen molar-refractivity contribution in [2.75, 3.05) is 13.1 Å². The number of amides is 1. The minimum absolute atomic E-state index is 0.0228. The lowest BCUT2D eigenvalue weighted by Crippen LogP contribution is -2.53. The van der Waals surface area contributed by atoms with Crippen LogP contribution in [0.25, 0.3) is 0 Å². The summed E-state index contributed by atoms with van der Waals surface area (Å²) in [7, 11) is 0. The number of pyridine rings is 1. The quantitative estimate of drug-likeness (QED) is 0.852. The van der Waals surface area contributed by atoms with Gasteiger partial charge in [-0.3, -0.25) is 14.7 Å². The van der Waals surface area contributed by atoms with Gasteiger partial charge in [-0.15, -0.1) is 0 Å². The molecule has 1 fully saturated rings. The molecule has 0 saturated carbocycles. The molecule has 2 aliphatic rings. The second-order valence-corrected chi connectivity index (χ2v) is 7.62. The van der Waals surface area contributed by atoms with Crippen LogP contribution in [0.5, 0.6) is 0 Å². The van der Waals surface area contributed by atoms with Crippen molar-refractivity contribution >= 4 is 5.91 Å². The van der Waals surface area contributed by atoms with Crippen LogP contribution >= 0.6 is 0 Å². The van der Waals surface area contributed by atoms with E-state index in [2.05, 4.69) is 51.2 Å². The number of nitrogens with zero attached hydrogens (tertiary/aromatic N) is 3. The summed E-state index contributed by atoms with van der Waals surface area (Å²) < 4.78 is 0. The molecule has 4 rings (SSSR count). The summed E-state index contributed by atoms with van der Waals surface area (Å²) in [5.41, 5.74) is 3.83. The first-order chi connectivity index (χ1) is 12.7. The van der Waals surface area contributed by atoms with Crippen molar-refractivity contribution in [3.63, 3.8) is 0 Å². The van der Waals surface area contributed by atoms with Gasteiger partial charge in [-0.2, -0.15) is 0 Å². The van der Waals surface area contributed by atoms with Crippen molar-refractivity contribution in [1.29, 1.82) is 0 Å². The van der Waals surface area contributed by atoms with Crippen molar-refractivity contribution in [3.8, 4) is 0 Å². The van der Waals surface area contributed by atoms with Crippen molar-refractivity contribution < 1.29 is 4.79 Å². The highest BCUT2D eigenvalue weighted by Crippen LogP contribution is 2.38. The molecule has 1 spiro atoms. The number of benzene rings is 1. The molecular weight excluding hydrogens is 322 g/mol. The number of carbonyl (C=O) groups is 1. The Morgan fingerprint density at radius 1 is 1.15 bits per heavy atom. The van der Waals surface area contributed by atoms with Crippen molar-refractivity contribution in [2.45, 2.75) is 51.2 Å². The van der Waals surface area contributed by atoms with E-state index in [1.54, 1.807) is 0 Å². The molecule has 1 saturated heterocycles. The zero-order valence-corrected chi connectivity index (χ0v) is 15.5. The molecule has 4 nitrogen and oxygen atoms in total. The van der Waals surface area contributed by atoms with Crippen LogP contribution < -0.4 is 0 Å². The maximum Gasteiger partial charge on any atom is 0.222 e. The van der Waals surface area contributed by atoms with Crippen LogP contribution in [-0.4, -0.2) is 39.3 Å². The Hall–Kier alpha value is -2.20. The predicted molar refractivity (Wildman–Crippen MR) is 102 cm³/mol. The molecule has 3 heterocycles. The monoisotopic (exact) mass is 349 g/mol. The third-order valence-electron chi connectivity index (χ3n) is 5.96. The lowest BCUT2D eigenvalue weighted by molar-refractivity contribution is -0.133. The largest absolute Gasteiger partial charge is 0.337 e. The fourth-order valence-electron chi connectivity index (χ4n) is 4.62. The maximum atomic E-state index is 12.6. The smallest absolute Gasteiger partial charge is 0.222 e. The number of fused-ring (bicyclic) bond motifs is 1. The second kappa shape index (κ2) is 7.20. The summed E-state index contributed by atoms with van der Waals surface area (Å²) >= 11 is 0. The fraction of sp³-hybridized carbons (Fsp3) is 0.455. The Labute approximate surface area is 155 Å². The zero-order valence-electron chi connectivity index (χ0n) is 15.5. The van der Waals surface area contributed by atoms with Gasteiger partial charge in [0.15, 0.2) is 0 Å². The molecule has 0 N–H and O–H groups in total.